The van der Waals surface area contributed by atoms with E-state index >= 15 is 0 Å². The van der Waals surface area contributed by atoms with Gasteiger partial charge in [-0.3, -0.25) is 9.59 Å². The molecule has 0 aliphatic heterocycles. The van der Waals surface area contributed by atoms with Crippen molar-refractivity contribution < 1.29 is 9.59 Å². The molecular formula is C19H21ClN2O2. The van der Waals surface area contributed by atoms with Crippen LogP contribution >= 0.6 is 11.6 Å². The van der Waals surface area contributed by atoms with Crippen molar-refractivity contribution in [1.82, 2.24) is 0 Å². The number of aryl methyl sites for hydroxylation is 3. The van der Waals surface area contributed by atoms with Gasteiger partial charge < -0.3 is 10.2 Å². The zero-order valence-electron chi connectivity index (χ0n) is 14.3. The van der Waals surface area contributed by atoms with Crippen LogP contribution in [0, 0.1) is 20.8 Å². The minimum Gasteiger partial charge on any atom is -0.324 e. The second-order valence-corrected chi connectivity index (χ2v) is 6.29. The maximum atomic E-state index is 12.3. The van der Waals surface area contributed by atoms with Crippen LogP contribution in [0.3, 0.4) is 0 Å². The Balaban J connectivity index is 2.15. The van der Waals surface area contributed by atoms with Gasteiger partial charge in [0.15, 0.2) is 0 Å². The molecular weight excluding hydrogens is 324 g/mol. The molecule has 24 heavy (non-hydrogen) atoms. The first-order chi connectivity index (χ1) is 11.3. The normalized spacial score (nSPS) is 10.4. The first kappa shape index (κ1) is 18.0. The molecule has 1 N–H and O–H groups in total. The predicted octanol–water partition coefficient (Wildman–Crippen LogP) is 4.26. The number of benzene rings is 2. The number of rotatable bonds is 4. The highest BCUT2D eigenvalue weighted by molar-refractivity contribution is 6.31. The number of nitrogens with zero attached hydrogens (tertiary/aromatic N) is 1. The molecule has 0 radical (unpaired) electrons. The summed E-state index contributed by atoms with van der Waals surface area (Å²) in [5.41, 5.74) is 4.47. The van der Waals surface area contributed by atoms with Gasteiger partial charge in [-0.2, -0.15) is 0 Å². The minimum absolute atomic E-state index is 0.0523. The molecule has 0 saturated heterocycles. The molecule has 0 aliphatic carbocycles. The zero-order chi connectivity index (χ0) is 17.9. The molecule has 0 bridgehead atoms. The lowest BCUT2D eigenvalue weighted by Gasteiger charge is -2.21. The van der Waals surface area contributed by atoms with E-state index in [0.29, 0.717) is 16.4 Å². The second kappa shape index (κ2) is 7.49. The topological polar surface area (TPSA) is 49.4 Å². The van der Waals surface area contributed by atoms with Crippen molar-refractivity contribution in [3.05, 3.63) is 58.1 Å². The van der Waals surface area contributed by atoms with Gasteiger partial charge in [0.2, 0.25) is 11.8 Å². The Labute approximate surface area is 147 Å². The van der Waals surface area contributed by atoms with Crippen LogP contribution in [0.15, 0.2) is 36.4 Å². The molecule has 126 valence electrons. The minimum atomic E-state index is -0.275. The summed E-state index contributed by atoms with van der Waals surface area (Å²) in [4.78, 5) is 25.7. The molecule has 0 saturated carbocycles. The zero-order valence-corrected chi connectivity index (χ0v) is 15.1. The lowest BCUT2D eigenvalue weighted by molar-refractivity contribution is -0.120. The summed E-state index contributed by atoms with van der Waals surface area (Å²) in [5.74, 6) is -0.460. The molecule has 0 spiro atoms. The molecule has 2 amide bonds. The van der Waals surface area contributed by atoms with Crippen LogP contribution in [0.25, 0.3) is 0 Å². The Bertz CT molecular complexity index is 787. The SMILES string of the molecule is CC(=O)N(CC(=O)Nc1ccc(C)c(Cl)c1)c1ccc(C)c(C)c1. The number of amides is 2. The van der Waals surface area contributed by atoms with Crippen LogP contribution in [0.1, 0.15) is 23.6 Å². The van der Waals surface area contributed by atoms with E-state index in [9.17, 15) is 9.59 Å². The molecule has 5 heteroatoms. The van der Waals surface area contributed by atoms with Crippen molar-refractivity contribution in [3.63, 3.8) is 0 Å². The van der Waals surface area contributed by atoms with Crippen molar-refractivity contribution in [1.29, 1.82) is 0 Å². The quantitative estimate of drug-likeness (QED) is 0.901. The first-order valence-electron chi connectivity index (χ1n) is 7.69. The van der Waals surface area contributed by atoms with E-state index in [2.05, 4.69) is 5.32 Å². The van der Waals surface area contributed by atoms with Gasteiger partial charge in [-0.05, 0) is 61.7 Å². The van der Waals surface area contributed by atoms with Crippen LogP contribution < -0.4 is 10.2 Å². The van der Waals surface area contributed by atoms with Crippen molar-refractivity contribution in [2.45, 2.75) is 27.7 Å². The molecule has 0 aromatic heterocycles. The summed E-state index contributed by atoms with van der Waals surface area (Å²) < 4.78 is 0. The lowest BCUT2D eigenvalue weighted by atomic mass is 10.1. The fourth-order valence-corrected chi connectivity index (χ4v) is 2.47. The van der Waals surface area contributed by atoms with Gasteiger partial charge in [0.05, 0.1) is 0 Å². The maximum Gasteiger partial charge on any atom is 0.244 e. The van der Waals surface area contributed by atoms with Crippen molar-refractivity contribution in [3.8, 4) is 0 Å². The van der Waals surface area contributed by atoms with Gasteiger partial charge in [-0.15, -0.1) is 0 Å². The molecule has 0 unspecified atom stereocenters. The third-order valence-electron chi connectivity index (χ3n) is 3.94. The molecule has 0 heterocycles. The van der Waals surface area contributed by atoms with Gasteiger partial charge in [0.25, 0.3) is 0 Å². The summed E-state index contributed by atoms with van der Waals surface area (Å²) in [6.45, 7) is 7.27. The molecule has 2 aromatic rings. The van der Waals surface area contributed by atoms with Crippen LogP contribution in [0.5, 0.6) is 0 Å². The Morgan fingerprint density at radius 3 is 2.25 bits per heavy atom. The van der Waals surface area contributed by atoms with Crippen LogP contribution in [0.4, 0.5) is 11.4 Å². The average Bonchev–Trinajstić information content (AvgIpc) is 2.51. The Hall–Kier alpha value is -2.33. The van der Waals surface area contributed by atoms with E-state index in [-0.39, 0.29) is 18.4 Å². The van der Waals surface area contributed by atoms with E-state index in [4.69, 9.17) is 11.6 Å². The van der Waals surface area contributed by atoms with Gasteiger partial charge in [0.1, 0.15) is 6.54 Å². The fraction of sp³-hybridized carbons (Fsp3) is 0.263. The number of halogens is 1. The smallest absolute Gasteiger partial charge is 0.244 e. The lowest BCUT2D eigenvalue weighted by Crippen LogP contribution is -2.36. The van der Waals surface area contributed by atoms with Gasteiger partial charge in [0, 0.05) is 23.3 Å². The van der Waals surface area contributed by atoms with Gasteiger partial charge in [-0.25, -0.2) is 0 Å². The van der Waals surface area contributed by atoms with Crippen molar-refractivity contribution >= 4 is 34.8 Å². The summed E-state index contributed by atoms with van der Waals surface area (Å²) in [5, 5.41) is 3.36. The number of carbonyl (C=O) groups excluding carboxylic acids is 2. The van der Waals surface area contributed by atoms with E-state index < -0.39 is 0 Å². The van der Waals surface area contributed by atoms with E-state index in [1.807, 2.05) is 45.0 Å². The Kier molecular flexibility index (Phi) is 5.62. The van der Waals surface area contributed by atoms with E-state index in [1.165, 1.54) is 11.8 Å². The highest BCUT2D eigenvalue weighted by Crippen LogP contribution is 2.21. The van der Waals surface area contributed by atoms with E-state index in [1.54, 1.807) is 12.1 Å². The largest absolute Gasteiger partial charge is 0.324 e. The Morgan fingerprint density at radius 2 is 1.67 bits per heavy atom. The maximum absolute atomic E-state index is 12.3. The highest BCUT2D eigenvalue weighted by atomic mass is 35.5. The third kappa shape index (κ3) is 4.36. The molecule has 0 aliphatic rings. The fourth-order valence-electron chi connectivity index (χ4n) is 2.29. The third-order valence-corrected chi connectivity index (χ3v) is 4.35. The molecule has 2 rings (SSSR count). The van der Waals surface area contributed by atoms with Gasteiger partial charge in [-0.1, -0.05) is 23.7 Å². The van der Waals surface area contributed by atoms with Crippen molar-refractivity contribution in [2.75, 3.05) is 16.8 Å². The summed E-state index contributed by atoms with van der Waals surface area (Å²) in [6.07, 6.45) is 0. The second-order valence-electron chi connectivity index (χ2n) is 5.89. The number of hydrogen-bond donors (Lipinski definition) is 1. The number of carbonyl (C=O) groups is 2. The number of hydrogen-bond acceptors (Lipinski definition) is 2. The Morgan fingerprint density at radius 1 is 1.00 bits per heavy atom. The number of nitrogens with one attached hydrogen (secondary N) is 1. The summed E-state index contributed by atoms with van der Waals surface area (Å²) in [6, 6.07) is 11.0. The average molecular weight is 345 g/mol. The summed E-state index contributed by atoms with van der Waals surface area (Å²) >= 11 is 6.07. The van der Waals surface area contributed by atoms with Crippen LogP contribution in [-0.2, 0) is 9.59 Å². The highest BCUT2D eigenvalue weighted by Gasteiger charge is 2.16. The van der Waals surface area contributed by atoms with Crippen molar-refractivity contribution in [2.24, 2.45) is 0 Å². The summed E-state index contributed by atoms with van der Waals surface area (Å²) in [7, 11) is 0. The monoisotopic (exact) mass is 344 g/mol. The van der Waals surface area contributed by atoms with E-state index in [0.717, 1.165) is 16.7 Å². The predicted molar refractivity (Wildman–Crippen MR) is 98.8 cm³/mol. The number of anilines is 2. The van der Waals surface area contributed by atoms with Gasteiger partial charge >= 0.3 is 0 Å². The molecule has 0 fully saturated rings. The van der Waals surface area contributed by atoms with Crippen LogP contribution in [-0.4, -0.2) is 18.4 Å². The standard InChI is InChI=1S/C19H21ClN2O2/c1-12-6-8-17(9-14(12)3)22(15(4)23)11-19(24)21-16-7-5-13(2)18(20)10-16/h5-10H,11H2,1-4H3,(H,21,24). The molecule has 4 nitrogen and oxygen atoms in total. The first-order valence-corrected chi connectivity index (χ1v) is 8.07. The molecule has 0 atom stereocenters. The molecule has 2 aromatic carbocycles. The van der Waals surface area contributed by atoms with Crippen LogP contribution in [0.2, 0.25) is 5.02 Å².